The lowest BCUT2D eigenvalue weighted by Gasteiger charge is -2.05. The smallest absolute Gasteiger partial charge is 0.0557 e. The first-order valence-electron chi connectivity index (χ1n) is 16.9. The highest BCUT2D eigenvalue weighted by Crippen LogP contribution is 2.38. The summed E-state index contributed by atoms with van der Waals surface area (Å²) in [7, 11) is 5.12. The van der Waals surface area contributed by atoms with Crippen molar-refractivity contribution >= 4 is 52.6 Å². The molecular weight excluding hydrogens is 543 g/mol. The van der Waals surface area contributed by atoms with Crippen molar-refractivity contribution in [2.24, 2.45) is 14.1 Å². The molecule has 0 fully saturated rings. The average Bonchev–Trinajstić information content (AvgIpc) is 3.66. The summed E-state index contributed by atoms with van der Waals surface area (Å²) in [6.07, 6.45) is 8.40. The number of rotatable bonds is 8. The van der Waals surface area contributed by atoms with Gasteiger partial charge < -0.3 is 9.13 Å². The van der Waals surface area contributed by atoms with Gasteiger partial charge in [-0.15, -0.1) is 0 Å². The number of hydrogen-bond donors (Lipinski definition) is 0. The second-order valence-electron chi connectivity index (χ2n) is 12.2. The Kier molecular flexibility index (Phi) is 7.96. The highest BCUT2D eigenvalue weighted by Gasteiger charge is 2.21. The molecule has 228 valence electrons. The second kappa shape index (κ2) is 11.4. The molecule has 6 aromatic heterocycles. The summed E-state index contributed by atoms with van der Waals surface area (Å²) in [5.41, 5.74) is 23.3. The normalized spacial score (nSPS) is 12.2. The summed E-state index contributed by atoms with van der Waals surface area (Å²) in [6, 6.07) is 10.2. The molecule has 6 bridgehead atoms. The second-order valence-corrected chi connectivity index (χ2v) is 13.3. The zero-order valence-corrected chi connectivity index (χ0v) is 29.3. The molecule has 0 saturated heterocycles. The van der Waals surface area contributed by atoms with Crippen LogP contribution in [0.5, 0.6) is 0 Å². The van der Waals surface area contributed by atoms with Gasteiger partial charge in [0.25, 0.3) is 0 Å². The van der Waals surface area contributed by atoms with Crippen molar-refractivity contribution in [2.75, 3.05) is 0 Å². The van der Waals surface area contributed by atoms with E-state index < -0.39 is 0 Å². The Labute approximate surface area is 259 Å². The molecule has 43 heavy (non-hydrogen) atoms. The third-order valence-electron chi connectivity index (χ3n) is 10.5. The molecule has 0 spiro atoms. The summed E-state index contributed by atoms with van der Waals surface area (Å²) in [5.74, 6) is 0. The summed E-state index contributed by atoms with van der Waals surface area (Å²) in [4.78, 5) is 0. The van der Waals surface area contributed by atoms with E-state index in [4.69, 9.17) is 0 Å². The molecule has 6 rings (SSSR count). The van der Waals surface area contributed by atoms with Crippen LogP contribution in [0.1, 0.15) is 99.9 Å². The van der Waals surface area contributed by atoms with Crippen LogP contribution in [0.2, 0.25) is 0 Å². The van der Waals surface area contributed by atoms with Crippen LogP contribution >= 0.6 is 8.51 Å². The molecule has 0 radical (unpaired) electrons. The standard InChI is InChI=1S/C38H51N4P/c1-11-23-25(13-3)33-20-35-27(15-5)29(17-7)37-22-38-30(18-8)28(16-6)36(42(38)43-41(35)37)21-34-26(14-4)24(12-2)32(40(34)10)19-31(23)39(33)9/h19-22,43H,11-18H2,1-10H3. The van der Waals surface area contributed by atoms with Crippen LogP contribution in [0, 0.1) is 0 Å². The van der Waals surface area contributed by atoms with Gasteiger partial charge in [-0.3, -0.25) is 8.33 Å². The number of aromatic nitrogens is 4. The van der Waals surface area contributed by atoms with Crippen molar-refractivity contribution < 1.29 is 0 Å². The predicted molar refractivity (Wildman–Crippen MR) is 191 cm³/mol. The van der Waals surface area contributed by atoms with Crippen molar-refractivity contribution in [3.05, 3.63) is 68.8 Å². The topological polar surface area (TPSA) is 18.7 Å². The molecule has 0 aliphatic carbocycles. The minimum atomic E-state index is 0.519. The van der Waals surface area contributed by atoms with Crippen LogP contribution in [0.4, 0.5) is 0 Å². The van der Waals surface area contributed by atoms with Gasteiger partial charge in [0, 0.05) is 44.7 Å². The van der Waals surface area contributed by atoms with Crippen LogP contribution in [0.25, 0.3) is 44.1 Å². The number of nitrogens with zero attached hydrogens (tertiary/aromatic N) is 4. The van der Waals surface area contributed by atoms with Crippen LogP contribution in [0.3, 0.4) is 0 Å². The van der Waals surface area contributed by atoms with E-state index in [1.54, 1.807) is 0 Å². The van der Waals surface area contributed by atoms with Crippen molar-refractivity contribution in [2.45, 2.75) is 107 Å². The van der Waals surface area contributed by atoms with E-state index in [9.17, 15) is 0 Å². The molecule has 0 aromatic carbocycles. The average molecular weight is 595 g/mol. The zero-order valence-electron chi connectivity index (χ0n) is 28.3. The summed E-state index contributed by atoms with van der Waals surface area (Å²) in [5, 5.41) is 0. The molecule has 0 aliphatic heterocycles. The van der Waals surface area contributed by atoms with Gasteiger partial charge in [-0.2, -0.15) is 0 Å². The lowest BCUT2D eigenvalue weighted by atomic mass is 10.0. The van der Waals surface area contributed by atoms with Crippen LogP contribution in [-0.4, -0.2) is 17.5 Å². The Hall–Kier alpha value is -3.10. The number of aryl methyl sites for hydroxylation is 10. The fraction of sp³-hybridized carbons (Fsp3) is 0.474. The molecule has 0 amide bonds. The lowest BCUT2D eigenvalue weighted by molar-refractivity contribution is 0.987. The lowest BCUT2D eigenvalue weighted by Crippen LogP contribution is -1.92. The molecule has 0 saturated carbocycles. The van der Waals surface area contributed by atoms with Gasteiger partial charge in [0.2, 0.25) is 0 Å². The summed E-state index contributed by atoms with van der Waals surface area (Å²) in [6.45, 7) is 18.7. The van der Waals surface area contributed by atoms with Gasteiger partial charge in [-0.05, 0) is 120 Å². The SMILES string of the molecule is CCc1c(CC)c2cc3c(CC)c(CC)c4cc5c(CC)c(CC)c(cc6c(CC)c(CC)c(cc1n2C)n6C)n5[pH]n34. The van der Waals surface area contributed by atoms with Crippen molar-refractivity contribution in [1.29, 1.82) is 0 Å². The van der Waals surface area contributed by atoms with E-state index in [1.807, 2.05) is 0 Å². The monoisotopic (exact) mass is 594 g/mol. The Morgan fingerprint density at radius 1 is 0.349 bits per heavy atom. The molecular formula is C38H51N4P. The van der Waals surface area contributed by atoms with Crippen LogP contribution < -0.4 is 0 Å². The van der Waals surface area contributed by atoms with Gasteiger partial charge in [-0.1, -0.05) is 55.4 Å². The third-order valence-corrected chi connectivity index (χ3v) is 11.8. The van der Waals surface area contributed by atoms with E-state index in [1.165, 1.54) is 88.6 Å². The maximum atomic E-state index is 2.67. The quantitative estimate of drug-likeness (QED) is 0.167. The van der Waals surface area contributed by atoms with Crippen molar-refractivity contribution in [3.63, 3.8) is 0 Å². The number of fused-ring (bicyclic) bond motifs is 4. The van der Waals surface area contributed by atoms with Gasteiger partial charge in [0.1, 0.15) is 0 Å². The minimum absolute atomic E-state index is 0.519. The van der Waals surface area contributed by atoms with Gasteiger partial charge in [0.15, 0.2) is 0 Å². The molecule has 4 nitrogen and oxygen atoms in total. The van der Waals surface area contributed by atoms with Gasteiger partial charge in [0.05, 0.1) is 22.1 Å². The molecule has 0 unspecified atom stereocenters. The highest BCUT2D eigenvalue weighted by atomic mass is 31.1. The molecule has 0 atom stereocenters. The van der Waals surface area contributed by atoms with Crippen LogP contribution in [0.15, 0.2) is 24.3 Å². The van der Waals surface area contributed by atoms with E-state index in [0.717, 1.165) is 51.4 Å². The van der Waals surface area contributed by atoms with Crippen LogP contribution in [-0.2, 0) is 65.5 Å². The Morgan fingerprint density at radius 3 is 0.767 bits per heavy atom. The zero-order chi connectivity index (χ0) is 30.7. The molecule has 6 aromatic rings. The van der Waals surface area contributed by atoms with E-state index in [2.05, 4.69) is 111 Å². The van der Waals surface area contributed by atoms with E-state index in [0.29, 0.717) is 8.51 Å². The highest BCUT2D eigenvalue weighted by molar-refractivity contribution is 7.22. The third kappa shape index (κ3) is 4.16. The van der Waals surface area contributed by atoms with E-state index in [-0.39, 0.29) is 0 Å². The predicted octanol–water partition coefficient (Wildman–Crippen LogP) is 9.98. The Balaban J connectivity index is 2.04. The van der Waals surface area contributed by atoms with Gasteiger partial charge in [-0.25, -0.2) is 0 Å². The Bertz CT molecular complexity index is 1940. The molecule has 5 heteroatoms. The van der Waals surface area contributed by atoms with Gasteiger partial charge >= 0.3 is 0 Å². The first kappa shape index (κ1) is 29.9. The maximum absolute atomic E-state index is 2.67. The first-order valence-corrected chi connectivity index (χ1v) is 17.8. The fourth-order valence-corrected chi connectivity index (χ4v) is 9.87. The Morgan fingerprint density at radius 2 is 0.535 bits per heavy atom. The van der Waals surface area contributed by atoms with E-state index >= 15 is 0 Å². The molecule has 0 N–H and O–H groups in total. The fourth-order valence-electron chi connectivity index (χ4n) is 8.44. The van der Waals surface area contributed by atoms with Crippen molar-refractivity contribution in [1.82, 2.24) is 17.5 Å². The maximum Gasteiger partial charge on any atom is 0.0557 e. The summed E-state index contributed by atoms with van der Waals surface area (Å²) < 4.78 is 10.3. The van der Waals surface area contributed by atoms with Crippen molar-refractivity contribution in [3.8, 4) is 0 Å². The molecule has 6 heterocycles. The largest absolute Gasteiger partial charge is 0.344 e. The minimum Gasteiger partial charge on any atom is -0.344 e. The first-order chi connectivity index (χ1) is 20.8. The molecule has 0 aliphatic rings. The number of hydrogen-bond acceptors (Lipinski definition) is 0. The summed E-state index contributed by atoms with van der Waals surface area (Å²) >= 11 is 0.